The maximum absolute atomic E-state index is 10.5. The van der Waals surface area contributed by atoms with Crippen molar-refractivity contribution in [3.8, 4) is 12.1 Å². The van der Waals surface area contributed by atoms with Crippen LogP contribution in [0.1, 0.15) is 39.5 Å². The quantitative estimate of drug-likeness (QED) is 0.506. The molecule has 0 aromatic heterocycles. The third-order valence-corrected chi connectivity index (χ3v) is 2.62. The van der Waals surface area contributed by atoms with E-state index in [9.17, 15) is 9.59 Å². The SMILES string of the molecule is CC(C#N)(CCC(=O)O)/N=N/C(C)(C#N)CCC(=O)O.[NaH]. The molecule has 0 amide bonds. The summed E-state index contributed by atoms with van der Waals surface area (Å²) in [6.07, 6.45) is -0.575. The van der Waals surface area contributed by atoms with E-state index in [1.54, 1.807) is 0 Å². The molecule has 0 spiro atoms. The topological polar surface area (TPSA) is 147 Å². The van der Waals surface area contributed by atoms with Crippen LogP contribution in [0, 0.1) is 22.7 Å². The molecule has 0 aromatic rings. The summed E-state index contributed by atoms with van der Waals surface area (Å²) in [5, 5.41) is 42.7. The van der Waals surface area contributed by atoms with Gasteiger partial charge in [-0.1, -0.05) is 0 Å². The zero-order valence-corrected chi connectivity index (χ0v) is 11.3. The van der Waals surface area contributed by atoms with Crippen molar-refractivity contribution in [3.63, 3.8) is 0 Å². The van der Waals surface area contributed by atoms with Gasteiger partial charge >= 0.3 is 41.5 Å². The number of carboxylic acid groups (broad SMARTS) is 2. The monoisotopic (exact) mass is 304 g/mol. The van der Waals surface area contributed by atoms with Crippen molar-refractivity contribution in [1.82, 2.24) is 0 Å². The molecule has 2 unspecified atom stereocenters. The summed E-state index contributed by atoms with van der Waals surface area (Å²) < 4.78 is 0. The first-order valence-electron chi connectivity index (χ1n) is 5.86. The van der Waals surface area contributed by atoms with Crippen LogP contribution in [0.2, 0.25) is 0 Å². The summed E-state index contributed by atoms with van der Waals surface area (Å²) in [5.74, 6) is -2.12. The second-order valence-corrected chi connectivity index (χ2v) is 4.76. The maximum atomic E-state index is 10.5. The van der Waals surface area contributed by atoms with Gasteiger partial charge in [0.15, 0.2) is 11.1 Å². The first-order chi connectivity index (χ1) is 9.16. The van der Waals surface area contributed by atoms with E-state index < -0.39 is 23.0 Å². The summed E-state index contributed by atoms with van der Waals surface area (Å²) in [5.41, 5.74) is -2.69. The Labute approximate surface area is 144 Å². The van der Waals surface area contributed by atoms with Gasteiger partial charge in [0.25, 0.3) is 0 Å². The van der Waals surface area contributed by atoms with Crippen LogP contribution in [0.5, 0.6) is 0 Å². The number of hydrogen-bond donors (Lipinski definition) is 2. The first kappa shape index (κ1) is 21.8. The van der Waals surface area contributed by atoms with E-state index in [1.807, 2.05) is 12.1 Å². The Morgan fingerprint density at radius 1 is 0.952 bits per heavy atom. The molecule has 0 aliphatic rings. The van der Waals surface area contributed by atoms with E-state index in [4.69, 9.17) is 20.7 Å². The molecular formula is C12H17N4NaO4. The fraction of sp³-hybridized carbons (Fsp3) is 0.667. The van der Waals surface area contributed by atoms with E-state index in [1.165, 1.54) is 13.8 Å². The van der Waals surface area contributed by atoms with Crippen LogP contribution >= 0.6 is 0 Å². The molecule has 0 rings (SSSR count). The Bertz CT molecular complexity index is 452. The second-order valence-electron chi connectivity index (χ2n) is 4.76. The number of carbonyl (C=O) groups is 2. The molecule has 0 saturated carbocycles. The van der Waals surface area contributed by atoms with Gasteiger partial charge in [0.05, 0.1) is 12.1 Å². The van der Waals surface area contributed by atoms with Crippen molar-refractivity contribution < 1.29 is 19.8 Å². The summed E-state index contributed by atoms with van der Waals surface area (Å²) in [6, 6.07) is 3.69. The van der Waals surface area contributed by atoms with Gasteiger partial charge in [0.2, 0.25) is 0 Å². The minimum absolute atomic E-state index is 0. The first-order valence-corrected chi connectivity index (χ1v) is 5.86. The van der Waals surface area contributed by atoms with Crippen LogP contribution in [-0.4, -0.2) is 62.8 Å². The zero-order chi connectivity index (χ0) is 15.8. The minimum atomic E-state index is -1.35. The number of carboxylic acids is 2. The van der Waals surface area contributed by atoms with E-state index in [0.717, 1.165) is 0 Å². The molecule has 8 nitrogen and oxygen atoms in total. The number of azo groups is 1. The molecule has 21 heavy (non-hydrogen) atoms. The number of nitriles is 2. The molecule has 0 aliphatic carbocycles. The number of aliphatic carboxylic acids is 2. The van der Waals surface area contributed by atoms with Crippen LogP contribution in [0.25, 0.3) is 0 Å². The molecular weight excluding hydrogens is 287 g/mol. The zero-order valence-electron chi connectivity index (χ0n) is 11.3. The molecule has 0 heterocycles. The van der Waals surface area contributed by atoms with Gasteiger partial charge in [0.1, 0.15) is 0 Å². The van der Waals surface area contributed by atoms with E-state index in [0.29, 0.717) is 0 Å². The molecule has 0 saturated heterocycles. The normalized spacial score (nSPS) is 15.8. The third-order valence-electron chi connectivity index (χ3n) is 2.62. The van der Waals surface area contributed by atoms with Crippen LogP contribution in [0.3, 0.4) is 0 Å². The van der Waals surface area contributed by atoms with Crippen LogP contribution in [0.4, 0.5) is 0 Å². The fourth-order valence-electron chi connectivity index (χ4n) is 1.18. The Morgan fingerprint density at radius 3 is 1.43 bits per heavy atom. The van der Waals surface area contributed by atoms with Gasteiger partial charge in [-0.15, -0.1) is 0 Å². The van der Waals surface area contributed by atoms with Crippen molar-refractivity contribution in [2.45, 2.75) is 50.6 Å². The summed E-state index contributed by atoms with van der Waals surface area (Å²) in [6.45, 7) is 2.82. The summed E-state index contributed by atoms with van der Waals surface area (Å²) >= 11 is 0. The van der Waals surface area contributed by atoms with Crippen molar-refractivity contribution in [2.24, 2.45) is 10.2 Å². The molecule has 0 aliphatic heterocycles. The number of hydrogen-bond acceptors (Lipinski definition) is 6. The van der Waals surface area contributed by atoms with Gasteiger partial charge in [-0.25, -0.2) is 0 Å². The average Bonchev–Trinajstić information content (AvgIpc) is 2.41. The molecule has 2 atom stereocenters. The van der Waals surface area contributed by atoms with Gasteiger partial charge in [-0.2, -0.15) is 20.8 Å². The van der Waals surface area contributed by atoms with E-state index in [-0.39, 0.29) is 55.2 Å². The Balaban J connectivity index is 0. The van der Waals surface area contributed by atoms with Crippen molar-refractivity contribution >= 4 is 41.5 Å². The van der Waals surface area contributed by atoms with E-state index >= 15 is 0 Å². The molecule has 0 fully saturated rings. The standard InChI is InChI=1S/C12H16N4O4.Na.H/c1-11(7-13,5-3-9(17)18)15-16-12(2,8-14)6-4-10(19)20;;/h3-6H2,1-2H3,(H,17,18)(H,19,20);;/b16-15+;;. The molecule has 110 valence electrons. The molecule has 2 N–H and O–H groups in total. The van der Waals surface area contributed by atoms with Crippen molar-refractivity contribution in [1.29, 1.82) is 10.5 Å². The van der Waals surface area contributed by atoms with Crippen LogP contribution in [0.15, 0.2) is 10.2 Å². The number of nitrogens with zero attached hydrogens (tertiary/aromatic N) is 4. The summed E-state index contributed by atoms with van der Waals surface area (Å²) in [7, 11) is 0. The number of rotatable bonds is 8. The van der Waals surface area contributed by atoms with E-state index in [2.05, 4.69) is 10.2 Å². The summed E-state index contributed by atoms with van der Waals surface area (Å²) in [4.78, 5) is 21.0. The third kappa shape index (κ3) is 9.14. The predicted molar refractivity (Wildman–Crippen MR) is 73.8 cm³/mol. The Hall–Kier alpha value is -1.48. The molecule has 0 radical (unpaired) electrons. The van der Waals surface area contributed by atoms with Crippen molar-refractivity contribution in [2.75, 3.05) is 0 Å². The van der Waals surface area contributed by atoms with Gasteiger partial charge < -0.3 is 10.2 Å². The van der Waals surface area contributed by atoms with Crippen LogP contribution in [-0.2, 0) is 9.59 Å². The molecule has 0 bridgehead atoms. The average molecular weight is 304 g/mol. The van der Waals surface area contributed by atoms with Crippen LogP contribution < -0.4 is 0 Å². The van der Waals surface area contributed by atoms with Gasteiger partial charge in [-0.05, 0) is 26.7 Å². The molecule has 9 heteroatoms. The van der Waals surface area contributed by atoms with Gasteiger partial charge in [-0.3, -0.25) is 9.59 Å². The molecule has 0 aromatic carbocycles. The fourth-order valence-corrected chi connectivity index (χ4v) is 1.18. The Morgan fingerprint density at radius 2 is 1.24 bits per heavy atom. The Kier molecular flexibility index (Phi) is 9.82. The van der Waals surface area contributed by atoms with Crippen molar-refractivity contribution in [3.05, 3.63) is 0 Å². The second kappa shape index (κ2) is 9.46. The van der Waals surface area contributed by atoms with Gasteiger partial charge in [0, 0.05) is 12.8 Å². The predicted octanol–water partition coefficient (Wildman–Crippen LogP) is 1.08.